The van der Waals surface area contributed by atoms with Gasteiger partial charge >= 0.3 is 0 Å². The lowest BCUT2D eigenvalue weighted by Crippen LogP contribution is -2.40. The van der Waals surface area contributed by atoms with Crippen LogP contribution in [0.25, 0.3) is 10.9 Å². The van der Waals surface area contributed by atoms with Gasteiger partial charge in [0.05, 0.1) is 7.11 Å². The summed E-state index contributed by atoms with van der Waals surface area (Å²) in [6, 6.07) is 7.74. The van der Waals surface area contributed by atoms with E-state index in [2.05, 4.69) is 11.9 Å². The van der Waals surface area contributed by atoms with E-state index >= 15 is 0 Å². The molecule has 1 N–H and O–H groups in total. The molecule has 1 heterocycles. The van der Waals surface area contributed by atoms with Crippen LogP contribution in [-0.4, -0.2) is 36.5 Å². The van der Waals surface area contributed by atoms with Crippen molar-refractivity contribution in [3.8, 4) is 5.75 Å². The quantitative estimate of drug-likeness (QED) is 0.871. The van der Waals surface area contributed by atoms with Gasteiger partial charge in [0.1, 0.15) is 11.4 Å². The van der Waals surface area contributed by atoms with Crippen molar-refractivity contribution in [3.05, 3.63) is 30.0 Å². The Labute approximate surface area is 144 Å². The number of hydrogen-bond donors (Lipinski definition) is 1. The largest absolute Gasteiger partial charge is 0.496 e. The third-order valence-corrected chi connectivity index (χ3v) is 5.66. The first-order valence-corrected chi connectivity index (χ1v) is 9.00. The van der Waals surface area contributed by atoms with Crippen LogP contribution in [0.4, 0.5) is 0 Å². The fourth-order valence-corrected chi connectivity index (χ4v) is 4.13. The predicted molar refractivity (Wildman–Crippen MR) is 97.6 cm³/mol. The third kappa shape index (κ3) is 3.14. The van der Waals surface area contributed by atoms with E-state index in [9.17, 15) is 4.79 Å². The van der Waals surface area contributed by atoms with Gasteiger partial charge in [-0.25, -0.2) is 0 Å². The molecule has 1 aromatic heterocycles. The minimum atomic E-state index is 0.0617. The van der Waals surface area contributed by atoms with Crippen molar-refractivity contribution >= 4 is 16.8 Å². The fraction of sp³-hybridized carbons (Fsp3) is 0.550. The van der Waals surface area contributed by atoms with Crippen molar-refractivity contribution in [1.82, 2.24) is 9.88 Å². The molecule has 0 spiro atoms. The van der Waals surface area contributed by atoms with Crippen LogP contribution < -0.4 is 4.74 Å². The first-order valence-electron chi connectivity index (χ1n) is 9.00. The number of ether oxygens (including phenoxy) is 1. The summed E-state index contributed by atoms with van der Waals surface area (Å²) in [4.78, 5) is 18.0. The summed E-state index contributed by atoms with van der Waals surface area (Å²) in [5, 5.41) is 0.958. The van der Waals surface area contributed by atoms with Crippen LogP contribution in [-0.2, 0) is 0 Å². The second-order valence-electron chi connectivity index (χ2n) is 7.18. The number of H-pyrrole nitrogens is 1. The Hall–Kier alpha value is -1.97. The maximum atomic E-state index is 12.9. The summed E-state index contributed by atoms with van der Waals surface area (Å²) in [5.74, 6) is 0.856. The lowest BCUT2D eigenvalue weighted by atomic mass is 9.72. The van der Waals surface area contributed by atoms with Gasteiger partial charge in [-0.1, -0.05) is 32.3 Å². The highest BCUT2D eigenvalue weighted by atomic mass is 16.5. The van der Waals surface area contributed by atoms with E-state index in [-0.39, 0.29) is 5.91 Å². The summed E-state index contributed by atoms with van der Waals surface area (Å²) >= 11 is 0. The average molecular weight is 328 g/mol. The lowest BCUT2D eigenvalue weighted by molar-refractivity contribution is 0.0636. The number of aromatic nitrogens is 1. The number of hydrogen-bond acceptors (Lipinski definition) is 2. The number of aromatic amines is 1. The zero-order chi connectivity index (χ0) is 17.2. The van der Waals surface area contributed by atoms with Crippen LogP contribution in [0, 0.1) is 5.41 Å². The van der Waals surface area contributed by atoms with Gasteiger partial charge in [-0.05, 0) is 42.9 Å². The zero-order valence-corrected chi connectivity index (χ0v) is 15.0. The Balaban J connectivity index is 1.80. The van der Waals surface area contributed by atoms with Crippen molar-refractivity contribution in [2.75, 3.05) is 20.7 Å². The smallest absolute Gasteiger partial charge is 0.270 e. The van der Waals surface area contributed by atoms with Crippen LogP contribution in [0.3, 0.4) is 0 Å². The van der Waals surface area contributed by atoms with E-state index in [1.54, 1.807) is 7.11 Å². The van der Waals surface area contributed by atoms with Crippen LogP contribution in [0.5, 0.6) is 5.75 Å². The predicted octanol–water partition coefficient (Wildman–Crippen LogP) is 4.61. The SMILES string of the molecule is CCC1(CN(C)C(=O)c2cc3c(OC)cccc3[nH]2)CCCCC1. The number of carbonyl (C=O) groups excluding carboxylic acids is 1. The maximum absolute atomic E-state index is 12.9. The molecule has 0 bridgehead atoms. The molecule has 1 fully saturated rings. The molecule has 1 aliphatic rings. The molecule has 24 heavy (non-hydrogen) atoms. The molecule has 0 unspecified atom stereocenters. The van der Waals surface area contributed by atoms with E-state index in [1.807, 2.05) is 36.2 Å². The van der Waals surface area contributed by atoms with E-state index < -0.39 is 0 Å². The Kier molecular flexibility index (Phi) is 4.83. The van der Waals surface area contributed by atoms with Crippen LogP contribution >= 0.6 is 0 Å². The normalized spacial score (nSPS) is 17.0. The second kappa shape index (κ2) is 6.88. The van der Waals surface area contributed by atoms with E-state index in [1.165, 1.54) is 32.1 Å². The molecule has 0 aliphatic heterocycles. The zero-order valence-electron chi connectivity index (χ0n) is 15.0. The van der Waals surface area contributed by atoms with Gasteiger partial charge in [0.15, 0.2) is 0 Å². The minimum Gasteiger partial charge on any atom is -0.496 e. The molecule has 4 heteroatoms. The molecule has 1 amide bonds. The number of carbonyl (C=O) groups is 1. The Morgan fingerprint density at radius 2 is 2.04 bits per heavy atom. The van der Waals surface area contributed by atoms with Crippen molar-refractivity contribution < 1.29 is 9.53 Å². The second-order valence-corrected chi connectivity index (χ2v) is 7.18. The van der Waals surface area contributed by atoms with Gasteiger partial charge in [0.2, 0.25) is 0 Å². The number of rotatable bonds is 5. The molecule has 0 atom stereocenters. The number of methoxy groups -OCH3 is 1. The Bertz CT molecular complexity index is 713. The van der Waals surface area contributed by atoms with Gasteiger partial charge in [-0.3, -0.25) is 4.79 Å². The van der Waals surface area contributed by atoms with Crippen molar-refractivity contribution in [1.29, 1.82) is 0 Å². The van der Waals surface area contributed by atoms with Gasteiger partial charge in [0, 0.05) is 24.5 Å². The topological polar surface area (TPSA) is 45.3 Å². The van der Waals surface area contributed by atoms with Crippen LogP contribution in [0.15, 0.2) is 24.3 Å². The molecule has 2 aromatic rings. The number of nitrogens with one attached hydrogen (secondary N) is 1. The number of amides is 1. The molecule has 1 aliphatic carbocycles. The van der Waals surface area contributed by atoms with Gasteiger partial charge < -0.3 is 14.6 Å². The summed E-state index contributed by atoms with van der Waals surface area (Å²) in [7, 11) is 3.58. The van der Waals surface area contributed by atoms with E-state index in [4.69, 9.17) is 4.74 Å². The van der Waals surface area contributed by atoms with Crippen LogP contribution in [0.2, 0.25) is 0 Å². The number of nitrogens with zero attached hydrogens (tertiary/aromatic N) is 1. The third-order valence-electron chi connectivity index (χ3n) is 5.66. The molecule has 1 aromatic carbocycles. The summed E-state index contributed by atoms with van der Waals surface area (Å²) in [6.07, 6.45) is 7.54. The van der Waals surface area contributed by atoms with E-state index in [0.29, 0.717) is 11.1 Å². The first-order chi connectivity index (χ1) is 11.6. The highest BCUT2D eigenvalue weighted by molar-refractivity contribution is 5.99. The standard InChI is InChI=1S/C20H28N2O2/c1-4-20(11-6-5-7-12-20)14-22(2)19(23)17-13-15-16(21-17)9-8-10-18(15)24-3/h8-10,13,21H,4-7,11-12,14H2,1-3H3. The molecule has 130 valence electrons. The van der Waals surface area contributed by atoms with Crippen molar-refractivity contribution in [3.63, 3.8) is 0 Å². The molecular weight excluding hydrogens is 300 g/mol. The number of benzene rings is 1. The molecule has 1 saturated carbocycles. The summed E-state index contributed by atoms with van der Waals surface area (Å²) < 4.78 is 5.39. The van der Waals surface area contributed by atoms with Gasteiger partial charge in [0.25, 0.3) is 5.91 Å². The first kappa shape index (κ1) is 16.9. The lowest BCUT2D eigenvalue weighted by Gasteiger charge is -2.39. The summed E-state index contributed by atoms with van der Waals surface area (Å²) in [5.41, 5.74) is 1.87. The highest BCUT2D eigenvalue weighted by Crippen LogP contribution is 2.40. The molecular formula is C20H28N2O2. The van der Waals surface area contributed by atoms with Gasteiger partial charge in [-0.2, -0.15) is 0 Å². The Morgan fingerprint density at radius 3 is 2.71 bits per heavy atom. The van der Waals surface area contributed by atoms with Gasteiger partial charge in [-0.15, -0.1) is 0 Å². The highest BCUT2D eigenvalue weighted by Gasteiger charge is 2.33. The average Bonchev–Trinajstić information content (AvgIpc) is 3.05. The molecule has 0 saturated heterocycles. The Morgan fingerprint density at radius 1 is 1.29 bits per heavy atom. The fourth-order valence-electron chi connectivity index (χ4n) is 4.13. The summed E-state index contributed by atoms with van der Waals surface area (Å²) in [6.45, 7) is 3.10. The minimum absolute atomic E-state index is 0.0617. The van der Waals surface area contributed by atoms with Crippen LogP contribution in [0.1, 0.15) is 55.9 Å². The maximum Gasteiger partial charge on any atom is 0.270 e. The molecule has 3 rings (SSSR count). The molecule has 4 nitrogen and oxygen atoms in total. The monoisotopic (exact) mass is 328 g/mol. The van der Waals surface area contributed by atoms with E-state index in [0.717, 1.165) is 29.6 Å². The van der Waals surface area contributed by atoms with Crippen molar-refractivity contribution in [2.45, 2.75) is 45.4 Å². The van der Waals surface area contributed by atoms with Crippen molar-refractivity contribution in [2.24, 2.45) is 5.41 Å². The molecule has 0 radical (unpaired) electrons. The number of fused-ring (bicyclic) bond motifs is 1.